The van der Waals surface area contributed by atoms with Gasteiger partial charge in [-0.25, -0.2) is 0 Å². The number of aromatic nitrogens is 4. The minimum absolute atomic E-state index is 0.0552. The summed E-state index contributed by atoms with van der Waals surface area (Å²) >= 11 is 6.02. The van der Waals surface area contributed by atoms with Crippen LogP contribution in [0.15, 0.2) is 24.5 Å². The molecule has 2 aromatic rings. The van der Waals surface area contributed by atoms with Crippen LogP contribution in [0.25, 0.3) is 5.69 Å². The van der Waals surface area contributed by atoms with Gasteiger partial charge in [-0.3, -0.25) is 4.79 Å². The summed E-state index contributed by atoms with van der Waals surface area (Å²) in [5, 5.41) is 14.5. The lowest BCUT2D eigenvalue weighted by Gasteiger charge is -2.20. The van der Waals surface area contributed by atoms with Crippen LogP contribution in [0.4, 0.5) is 0 Å². The fourth-order valence-corrected chi connectivity index (χ4v) is 2.71. The van der Waals surface area contributed by atoms with Crippen LogP contribution in [0.1, 0.15) is 30.1 Å². The fourth-order valence-electron chi connectivity index (χ4n) is 2.54. The van der Waals surface area contributed by atoms with Crippen molar-refractivity contribution in [2.24, 2.45) is 0 Å². The summed E-state index contributed by atoms with van der Waals surface area (Å²) < 4.78 is 7.03. The van der Waals surface area contributed by atoms with Crippen LogP contribution in [-0.4, -0.2) is 44.9 Å². The number of hydrogen-bond acceptors (Lipinski definition) is 5. The molecule has 1 fully saturated rings. The molecule has 1 aromatic carbocycles. The molecule has 8 heteroatoms. The Labute approximate surface area is 132 Å². The molecule has 2 atom stereocenters. The maximum atomic E-state index is 12.6. The molecule has 116 valence electrons. The predicted molar refractivity (Wildman–Crippen MR) is 80.1 cm³/mol. The van der Waals surface area contributed by atoms with E-state index in [1.165, 1.54) is 11.0 Å². The van der Waals surface area contributed by atoms with E-state index in [2.05, 4.69) is 20.8 Å². The number of tetrazole rings is 1. The van der Waals surface area contributed by atoms with Crippen molar-refractivity contribution >= 4 is 17.5 Å². The average Bonchev–Trinajstić information content (AvgIpc) is 3.20. The van der Waals surface area contributed by atoms with Crippen molar-refractivity contribution in [2.75, 3.05) is 6.61 Å². The summed E-state index contributed by atoms with van der Waals surface area (Å²) in [7, 11) is 0. The van der Waals surface area contributed by atoms with Crippen LogP contribution in [-0.2, 0) is 4.74 Å². The van der Waals surface area contributed by atoms with Gasteiger partial charge in [0, 0.05) is 11.6 Å². The van der Waals surface area contributed by atoms with E-state index in [0.29, 0.717) is 16.3 Å². The van der Waals surface area contributed by atoms with Crippen molar-refractivity contribution < 1.29 is 9.53 Å². The molecule has 3 rings (SSSR count). The summed E-state index contributed by atoms with van der Waals surface area (Å²) in [5.74, 6) is -0.226. The first-order valence-electron chi connectivity index (χ1n) is 7.10. The van der Waals surface area contributed by atoms with Gasteiger partial charge in [0.1, 0.15) is 6.33 Å². The second-order valence-electron chi connectivity index (χ2n) is 5.23. The Hall–Kier alpha value is -1.99. The van der Waals surface area contributed by atoms with Crippen molar-refractivity contribution in [3.8, 4) is 5.69 Å². The van der Waals surface area contributed by atoms with Gasteiger partial charge in [0.05, 0.1) is 23.4 Å². The molecule has 1 N–H and O–H groups in total. The Morgan fingerprint density at radius 3 is 3.09 bits per heavy atom. The van der Waals surface area contributed by atoms with Crippen molar-refractivity contribution in [2.45, 2.75) is 31.9 Å². The van der Waals surface area contributed by atoms with E-state index in [1.54, 1.807) is 18.2 Å². The third kappa shape index (κ3) is 3.10. The van der Waals surface area contributed by atoms with E-state index < -0.39 is 0 Å². The summed E-state index contributed by atoms with van der Waals surface area (Å²) in [6, 6.07) is 4.94. The molecule has 2 heterocycles. The Balaban J connectivity index is 1.83. The number of amides is 1. The molecule has 7 nitrogen and oxygen atoms in total. The first-order chi connectivity index (χ1) is 10.6. The largest absolute Gasteiger partial charge is 0.376 e. The molecular weight excluding hydrogens is 306 g/mol. The van der Waals surface area contributed by atoms with E-state index in [0.717, 1.165) is 19.4 Å². The highest BCUT2D eigenvalue weighted by atomic mass is 35.5. The number of nitrogens with zero attached hydrogens (tertiary/aromatic N) is 4. The van der Waals surface area contributed by atoms with Crippen LogP contribution in [0, 0.1) is 0 Å². The van der Waals surface area contributed by atoms with Crippen molar-refractivity contribution in [3.63, 3.8) is 0 Å². The number of nitrogens with one attached hydrogen (secondary N) is 1. The van der Waals surface area contributed by atoms with Crippen LogP contribution >= 0.6 is 11.6 Å². The van der Waals surface area contributed by atoms with Gasteiger partial charge in [-0.15, -0.1) is 5.10 Å². The third-order valence-corrected chi connectivity index (χ3v) is 3.92. The number of benzene rings is 1. The Morgan fingerprint density at radius 2 is 2.41 bits per heavy atom. The number of ether oxygens (including phenoxy) is 1. The maximum absolute atomic E-state index is 12.6. The van der Waals surface area contributed by atoms with Gasteiger partial charge in [-0.1, -0.05) is 11.6 Å². The Morgan fingerprint density at radius 1 is 1.55 bits per heavy atom. The smallest absolute Gasteiger partial charge is 0.253 e. The lowest BCUT2D eigenvalue weighted by Crippen LogP contribution is -2.41. The molecule has 0 spiro atoms. The molecular formula is C14H16ClN5O2. The number of halogens is 1. The molecule has 0 radical (unpaired) electrons. The molecule has 1 aliphatic heterocycles. The monoisotopic (exact) mass is 321 g/mol. The highest BCUT2D eigenvalue weighted by molar-refractivity contribution is 6.31. The van der Waals surface area contributed by atoms with E-state index in [-0.39, 0.29) is 18.1 Å². The molecule has 0 aliphatic carbocycles. The first kappa shape index (κ1) is 14.9. The quantitative estimate of drug-likeness (QED) is 0.925. The molecule has 0 unspecified atom stereocenters. The summed E-state index contributed by atoms with van der Waals surface area (Å²) in [5.41, 5.74) is 0.996. The topological polar surface area (TPSA) is 81.9 Å². The number of rotatable bonds is 4. The van der Waals surface area contributed by atoms with Gasteiger partial charge < -0.3 is 10.1 Å². The molecule has 1 amide bonds. The first-order valence-corrected chi connectivity index (χ1v) is 7.48. The highest BCUT2D eigenvalue weighted by Crippen LogP contribution is 2.20. The lowest BCUT2D eigenvalue weighted by atomic mass is 10.1. The van der Waals surface area contributed by atoms with E-state index in [1.807, 2.05) is 6.92 Å². The van der Waals surface area contributed by atoms with Crippen molar-refractivity contribution in [1.82, 2.24) is 25.5 Å². The summed E-state index contributed by atoms with van der Waals surface area (Å²) in [4.78, 5) is 12.6. The van der Waals surface area contributed by atoms with Crippen LogP contribution in [0.5, 0.6) is 0 Å². The zero-order valence-electron chi connectivity index (χ0n) is 12.1. The van der Waals surface area contributed by atoms with E-state index in [4.69, 9.17) is 16.3 Å². The zero-order chi connectivity index (χ0) is 15.5. The molecule has 0 saturated carbocycles. The molecule has 22 heavy (non-hydrogen) atoms. The molecule has 1 aromatic heterocycles. The SMILES string of the molecule is C[C@H](NC(=O)c1cc(Cl)ccc1-n1cnnn1)[C@@H]1CCCO1. The second kappa shape index (κ2) is 6.41. The van der Waals surface area contributed by atoms with E-state index >= 15 is 0 Å². The standard InChI is InChI=1S/C14H16ClN5O2/c1-9(13-3-2-6-22-13)17-14(21)11-7-10(15)4-5-12(11)20-8-16-18-19-20/h4-5,7-9,13H,2-3,6H2,1H3,(H,17,21)/t9-,13-/m0/s1. The van der Waals surface area contributed by atoms with Gasteiger partial charge >= 0.3 is 0 Å². The Kier molecular flexibility index (Phi) is 4.35. The summed E-state index contributed by atoms with van der Waals surface area (Å²) in [6.07, 6.45) is 3.47. The van der Waals surface area contributed by atoms with Crippen LogP contribution < -0.4 is 5.32 Å². The Bertz CT molecular complexity index is 655. The van der Waals surface area contributed by atoms with Gasteiger partial charge in [-0.2, -0.15) is 4.68 Å². The van der Waals surface area contributed by atoms with Gasteiger partial charge in [0.2, 0.25) is 0 Å². The third-order valence-electron chi connectivity index (χ3n) is 3.68. The minimum atomic E-state index is -0.226. The second-order valence-corrected chi connectivity index (χ2v) is 5.67. The van der Waals surface area contributed by atoms with Gasteiger partial charge in [0.15, 0.2) is 0 Å². The van der Waals surface area contributed by atoms with Crippen molar-refractivity contribution in [3.05, 3.63) is 35.1 Å². The van der Waals surface area contributed by atoms with E-state index in [9.17, 15) is 4.79 Å². The average molecular weight is 322 g/mol. The normalized spacial score (nSPS) is 19.1. The maximum Gasteiger partial charge on any atom is 0.253 e. The number of hydrogen-bond donors (Lipinski definition) is 1. The number of carbonyl (C=O) groups is 1. The van der Waals surface area contributed by atoms with Crippen LogP contribution in [0.3, 0.4) is 0 Å². The molecule has 1 aliphatic rings. The van der Waals surface area contributed by atoms with Gasteiger partial charge in [-0.05, 0) is 48.4 Å². The van der Waals surface area contributed by atoms with Crippen molar-refractivity contribution in [1.29, 1.82) is 0 Å². The van der Waals surface area contributed by atoms with Crippen LogP contribution in [0.2, 0.25) is 5.02 Å². The number of carbonyl (C=O) groups excluding carboxylic acids is 1. The van der Waals surface area contributed by atoms with Gasteiger partial charge in [0.25, 0.3) is 5.91 Å². The summed E-state index contributed by atoms with van der Waals surface area (Å²) in [6.45, 7) is 2.69. The lowest BCUT2D eigenvalue weighted by molar-refractivity contribution is 0.0712. The zero-order valence-corrected chi connectivity index (χ0v) is 12.8. The molecule has 0 bridgehead atoms. The predicted octanol–water partition coefficient (Wildman–Crippen LogP) is 1.61. The fraction of sp³-hybridized carbons (Fsp3) is 0.429. The molecule has 1 saturated heterocycles. The highest BCUT2D eigenvalue weighted by Gasteiger charge is 2.25. The minimum Gasteiger partial charge on any atom is -0.376 e.